The molecule has 0 atom stereocenters. The van der Waals surface area contributed by atoms with E-state index in [4.69, 9.17) is 21.1 Å². The average Bonchev–Trinajstić information content (AvgIpc) is 2.75. The molecule has 0 bridgehead atoms. The molecule has 0 heterocycles. The maximum absolute atomic E-state index is 6.31. The molecule has 1 N–H and O–H groups in total. The van der Waals surface area contributed by atoms with E-state index in [1.54, 1.807) is 0 Å². The molecule has 3 rings (SSSR count). The molecule has 0 amide bonds. The first-order chi connectivity index (χ1) is 15.0. The zero-order chi connectivity index (χ0) is 22.2. The van der Waals surface area contributed by atoms with E-state index in [2.05, 4.69) is 56.1 Å². The third kappa shape index (κ3) is 6.05. The van der Waals surface area contributed by atoms with Crippen LogP contribution in [0.3, 0.4) is 0 Å². The van der Waals surface area contributed by atoms with E-state index in [0.29, 0.717) is 31.2 Å². The minimum Gasteiger partial charge on any atom is -0.490 e. The first kappa shape index (κ1) is 22.8. The van der Waals surface area contributed by atoms with Gasteiger partial charge < -0.3 is 14.8 Å². The number of halogens is 1. The zero-order valence-corrected chi connectivity index (χ0v) is 19.3. The van der Waals surface area contributed by atoms with Gasteiger partial charge in [-0.05, 0) is 68.1 Å². The summed E-state index contributed by atoms with van der Waals surface area (Å²) >= 11 is 6.31. The van der Waals surface area contributed by atoms with Crippen molar-refractivity contribution in [2.75, 3.05) is 11.9 Å². The van der Waals surface area contributed by atoms with E-state index >= 15 is 0 Å². The van der Waals surface area contributed by atoms with Crippen LogP contribution in [0, 0.1) is 13.8 Å². The summed E-state index contributed by atoms with van der Waals surface area (Å²) in [4.78, 5) is 0. The van der Waals surface area contributed by atoms with Crippen molar-refractivity contribution >= 4 is 17.3 Å². The Labute approximate surface area is 190 Å². The van der Waals surface area contributed by atoms with Gasteiger partial charge in [-0.2, -0.15) is 0 Å². The van der Waals surface area contributed by atoms with Crippen molar-refractivity contribution in [2.45, 2.75) is 40.3 Å². The van der Waals surface area contributed by atoms with Crippen molar-refractivity contribution in [3.05, 3.63) is 100 Å². The number of allylic oxidation sites excluding steroid dienone is 1. The fourth-order valence-electron chi connectivity index (χ4n) is 3.45. The normalized spacial score (nSPS) is 10.6. The van der Waals surface area contributed by atoms with Gasteiger partial charge in [0.1, 0.15) is 6.61 Å². The molecular formula is C27H30ClNO2. The topological polar surface area (TPSA) is 30.5 Å². The number of anilines is 1. The van der Waals surface area contributed by atoms with Crippen molar-refractivity contribution in [3.8, 4) is 11.5 Å². The molecular weight excluding hydrogens is 406 g/mol. The number of rotatable bonds is 10. The summed E-state index contributed by atoms with van der Waals surface area (Å²) in [5.41, 5.74) is 6.72. The maximum Gasteiger partial charge on any atom is 0.165 e. The third-order valence-electron chi connectivity index (χ3n) is 5.06. The van der Waals surface area contributed by atoms with Gasteiger partial charge in [0.2, 0.25) is 0 Å². The molecule has 0 aliphatic rings. The number of nitrogens with one attached hydrogen (secondary N) is 1. The lowest BCUT2D eigenvalue weighted by molar-refractivity contribution is 0.267. The molecule has 31 heavy (non-hydrogen) atoms. The molecule has 3 aromatic carbocycles. The number of ether oxygens (including phenoxy) is 2. The van der Waals surface area contributed by atoms with Crippen LogP contribution in [-0.4, -0.2) is 6.61 Å². The predicted molar refractivity (Wildman–Crippen MR) is 131 cm³/mol. The van der Waals surface area contributed by atoms with Gasteiger partial charge >= 0.3 is 0 Å². The van der Waals surface area contributed by atoms with Crippen molar-refractivity contribution < 1.29 is 9.47 Å². The maximum atomic E-state index is 6.31. The van der Waals surface area contributed by atoms with Gasteiger partial charge in [-0.3, -0.25) is 0 Å². The number of aryl methyl sites for hydroxylation is 2. The first-order valence-corrected chi connectivity index (χ1v) is 11.0. The summed E-state index contributed by atoms with van der Waals surface area (Å²) in [6, 6.07) is 18.4. The molecule has 3 nitrogen and oxygen atoms in total. The van der Waals surface area contributed by atoms with Crippen molar-refractivity contribution in [1.82, 2.24) is 0 Å². The van der Waals surface area contributed by atoms with E-state index < -0.39 is 0 Å². The lowest BCUT2D eigenvalue weighted by Gasteiger charge is -2.19. The average molecular weight is 436 g/mol. The monoisotopic (exact) mass is 435 g/mol. The molecule has 0 aliphatic heterocycles. The van der Waals surface area contributed by atoms with Crippen molar-refractivity contribution in [2.24, 2.45) is 0 Å². The highest BCUT2D eigenvalue weighted by atomic mass is 35.5. The summed E-state index contributed by atoms with van der Waals surface area (Å²) in [7, 11) is 0. The molecule has 0 unspecified atom stereocenters. The van der Waals surface area contributed by atoms with Crippen LogP contribution in [0.4, 0.5) is 5.69 Å². The van der Waals surface area contributed by atoms with Crippen LogP contribution in [-0.2, 0) is 19.6 Å². The quantitative estimate of drug-likeness (QED) is 0.339. The fraction of sp³-hybridized carbons (Fsp3) is 0.259. The van der Waals surface area contributed by atoms with E-state index in [-0.39, 0.29) is 0 Å². The fourth-order valence-corrected chi connectivity index (χ4v) is 3.64. The first-order valence-electron chi connectivity index (χ1n) is 10.6. The highest BCUT2D eigenvalue weighted by Gasteiger charge is 2.14. The Morgan fingerprint density at radius 1 is 1.00 bits per heavy atom. The molecule has 0 aliphatic carbocycles. The third-order valence-corrected chi connectivity index (χ3v) is 5.43. The molecule has 3 aromatic rings. The van der Waals surface area contributed by atoms with Crippen LogP contribution in [0.5, 0.6) is 11.5 Å². The molecule has 0 fully saturated rings. The number of hydrogen-bond acceptors (Lipinski definition) is 3. The molecule has 0 spiro atoms. The van der Waals surface area contributed by atoms with Crippen LogP contribution in [0.2, 0.25) is 5.02 Å². The minimum absolute atomic E-state index is 0.379. The van der Waals surface area contributed by atoms with Gasteiger partial charge in [-0.1, -0.05) is 48.0 Å². The van der Waals surface area contributed by atoms with Crippen LogP contribution < -0.4 is 14.8 Å². The SMILES string of the molecule is C=CCc1cc(CNc2cc(C)ccc2C)cc(OCC)c1OCc1ccccc1Cl. The van der Waals surface area contributed by atoms with Gasteiger partial charge in [-0.25, -0.2) is 0 Å². The Morgan fingerprint density at radius 3 is 2.55 bits per heavy atom. The number of benzene rings is 3. The van der Waals surface area contributed by atoms with Crippen LogP contribution >= 0.6 is 11.6 Å². The largest absolute Gasteiger partial charge is 0.490 e. The Hall–Kier alpha value is -2.91. The second-order valence-corrected chi connectivity index (χ2v) is 7.97. The van der Waals surface area contributed by atoms with Gasteiger partial charge in [0, 0.05) is 28.4 Å². The number of hydrogen-bond donors (Lipinski definition) is 1. The summed E-state index contributed by atoms with van der Waals surface area (Å²) in [6.07, 6.45) is 2.57. The van der Waals surface area contributed by atoms with E-state index in [1.807, 2.05) is 37.3 Å². The smallest absolute Gasteiger partial charge is 0.165 e. The molecule has 0 radical (unpaired) electrons. The van der Waals surface area contributed by atoms with Gasteiger partial charge in [0.15, 0.2) is 11.5 Å². The Balaban J connectivity index is 1.87. The second-order valence-electron chi connectivity index (χ2n) is 7.56. The lowest BCUT2D eigenvalue weighted by Crippen LogP contribution is -2.06. The second kappa shape index (κ2) is 10.9. The standard InChI is InChI=1S/C27H30ClNO2/c1-5-9-22-15-21(17-29-25-14-19(3)12-13-20(25)4)16-26(30-6-2)27(22)31-18-23-10-7-8-11-24(23)28/h5,7-8,10-16,29H,1,6,9,17-18H2,2-4H3. The Morgan fingerprint density at radius 2 is 1.81 bits per heavy atom. The molecule has 0 saturated carbocycles. The summed E-state index contributed by atoms with van der Waals surface area (Å²) < 4.78 is 12.2. The van der Waals surface area contributed by atoms with E-state index in [1.165, 1.54) is 11.1 Å². The Bertz CT molecular complexity index is 1050. The molecule has 4 heteroatoms. The highest BCUT2D eigenvalue weighted by Crippen LogP contribution is 2.35. The molecule has 0 aromatic heterocycles. The van der Waals surface area contributed by atoms with E-state index in [0.717, 1.165) is 33.9 Å². The lowest BCUT2D eigenvalue weighted by atomic mass is 10.0. The predicted octanol–water partition coefficient (Wildman–Crippen LogP) is 7.28. The molecule has 0 saturated heterocycles. The van der Waals surface area contributed by atoms with Crippen LogP contribution in [0.25, 0.3) is 0 Å². The minimum atomic E-state index is 0.379. The zero-order valence-electron chi connectivity index (χ0n) is 18.5. The summed E-state index contributed by atoms with van der Waals surface area (Å²) in [5.74, 6) is 1.49. The van der Waals surface area contributed by atoms with Gasteiger partial charge in [0.05, 0.1) is 6.61 Å². The summed E-state index contributed by atoms with van der Waals surface area (Å²) in [5, 5.41) is 4.25. The molecule has 162 valence electrons. The van der Waals surface area contributed by atoms with Crippen molar-refractivity contribution in [3.63, 3.8) is 0 Å². The highest BCUT2D eigenvalue weighted by molar-refractivity contribution is 6.31. The Kier molecular flexibility index (Phi) is 8.02. The van der Waals surface area contributed by atoms with Crippen LogP contribution in [0.1, 0.15) is 34.7 Å². The van der Waals surface area contributed by atoms with Gasteiger partial charge in [-0.15, -0.1) is 6.58 Å². The summed E-state index contributed by atoms with van der Waals surface area (Å²) in [6.45, 7) is 11.7. The van der Waals surface area contributed by atoms with Crippen molar-refractivity contribution in [1.29, 1.82) is 0 Å². The van der Waals surface area contributed by atoms with E-state index in [9.17, 15) is 0 Å². The van der Waals surface area contributed by atoms with Crippen LogP contribution in [0.15, 0.2) is 67.3 Å². The van der Waals surface area contributed by atoms with Gasteiger partial charge in [0.25, 0.3) is 0 Å².